The maximum atomic E-state index is 13.1. The summed E-state index contributed by atoms with van der Waals surface area (Å²) in [6.07, 6.45) is 2.93. The Morgan fingerprint density at radius 2 is 1.78 bits per heavy atom. The van der Waals surface area contributed by atoms with Crippen molar-refractivity contribution >= 4 is 44.1 Å². The SMILES string of the molecule is CC(=O)Nc1ccc(S(=O)(=O)N2CCC[C@H](C(=O)Nc3ccc4ncccc4c3)C2)cc1. The third-order valence-electron chi connectivity index (χ3n) is 5.44. The van der Waals surface area contributed by atoms with Crippen molar-refractivity contribution in [2.24, 2.45) is 5.92 Å². The summed E-state index contributed by atoms with van der Waals surface area (Å²) >= 11 is 0. The average Bonchev–Trinajstić information content (AvgIpc) is 2.79. The minimum absolute atomic E-state index is 0.122. The number of fused-ring (bicyclic) bond motifs is 1. The zero-order chi connectivity index (χ0) is 22.7. The number of benzene rings is 2. The van der Waals surface area contributed by atoms with Crippen LogP contribution in [0.2, 0.25) is 0 Å². The van der Waals surface area contributed by atoms with E-state index < -0.39 is 15.9 Å². The molecule has 4 rings (SSSR count). The molecule has 32 heavy (non-hydrogen) atoms. The number of rotatable bonds is 5. The van der Waals surface area contributed by atoms with Crippen molar-refractivity contribution in [1.82, 2.24) is 9.29 Å². The molecule has 1 atom stereocenters. The van der Waals surface area contributed by atoms with E-state index in [0.29, 0.717) is 30.8 Å². The van der Waals surface area contributed by atoms with Gasteiger partial charge in [-0.25, -0.2) is 8.42 Å². The fourth-order valence-corrected chi connectivity index (χ4v) is 5.36. The first-order valence-electron chi connectivity index (χ1n) is 10.4. The second-order valence-electron chi connectivity index (χ2n) is 7.81. The zero-order valence-electron chi connectivity index (χ0n) is 17.6. The van der Waals surface area contributed by atoms with Gasteiger partial charge in [0.05, 0.1) is 16.3 Å². The van der Waals surface area contributed by atoms with Crippen LogP contribution in [0.15, 0.2) is 65.7 Å². The number of hydrogen-bond donors (Lipinski definition) is 2. The molecule has 1 aliphatic heterocycles. The lowest BCUT2D eigenvalue weighted by Crippen LogP contribution is -2.43. The molecule has 0 spiro atoms. The van der Waals surface area contributed by atoms with Crippen LogP contribution in [0.25, 0.3) is 10.9 Å². The first kappa shape index (κ1) is 21.9. The van der Waals surface area contributed by atoms with Crippen LogP contribution in [0.4, 0.5) is 11.4 Å². The lowest BCUT2D eigenvalue weighted by molar-refractivity contribution is -0.121. The quantitative estimate of drug-likeness (QED) is 0.618. The molecule has 1 aliphatic rings. The smallest absolute Gasteiger partial charge is 0.243 e. The number of carbonyl (C=O) groups excluding carboxylic acids is 2. The molecule has 2 N–H and O–H groups in total. The highest BCUT2D eigenvalue weighted by atomic mass is 32.2. The van der Waals surface area contributed by atoms with Crippen LogP contribution >= 0.6 is 0 Å². The fourth-order valence-electron chi connectivity index (χ4n) is 3.83. The van der Waals surface area contributed by atoms with E-state index in [2.05, 4.69) is 15.6 Å². The van der Waals surface area contributed by atoms with Gasteiger partial charge in [-0.2, -0.15) is 4.31 Å². The number of pyridine rings is 1. The second-order valence-corrected chi connectivity index (χ2v) is 9.75. The molecule has 0 bridgehead atoms. The van der Waals surface area contributed by atoms with Gasteiger partial charge in [-0.1, -0.05) is 6.07 Å². The maximum Gasteiger partial charge on any atom is 0.243 e. The summed E-state index contributed by atoms with van der Waals surface area (Å²) in [5.41, 5.74) is 2.02. The highest BCUT2D eigenvalue weighted by molar-refractivity contribution is 7.89. The van der Waals surface area contributed by atoms with Gasteiger partial charge in [0, 0.05) is 43.0 Å². The van der Waals surface area contributed by atoms with Crippen molar-refractivity contribution in [3.05, 3.63) is 60.8 Å². The van der Waals surface area contributed by atoms with E-state index in [9.17, 15) is 18.0 Å². The molecule has 2 amide bonds. The summed E-state index contributed by atoms with van der Waals surface area (Å²) in [6, 6.07) is 15.3. The van der Waals surface area contributed by atoms with Crippen molar-refractivity contribution in [2.45, 2.75) is 24.7 Å². The van der Waals surface area contributed by atoms with Gasteiger partial charge in [-0.3, -0.25) is 14.6 Å². The minimum Gasteiger partial charge on any atom is -0.326 e. The lowest BCUT2D eigenvalue weighted by atomic mass is 9.98. The molecule has 8 nitrogen and oxygen atoms in total. The number of amides is 2. The summed E-state index contributed by atoms with van der Waals surface area (Å²) in [6.45, 7) is 1.87. The van der Waals surface area contributed by atoms with Gasteiger partial charge in [0.2, 0.25) is 21.8 Å². The molecule has 0 saturated carbocycles. The number of hydrogen-bond acceptors (Lipinski definition) is 5. The Hall–Kier alpha value is -3.30. The average molecular weight is 453 g/mol. The van der Waals surface area contributed by atoms with E-state index >= 15 is 0 Å². The van der Waals surface area contributed by atoms with Gasteiger partial charge >= 0.3 is 0 Å². The predicted octanol–water partition coefficient (Wildman–Crippen LogP) is 3.23. The molecule has 0 aliphatic carbocycles. The van der Waals surface area contributed by atoms with Gasteiger partial charge in [-0.15, -0.1) is 0 Å². The van der Waals surface area contributed by atoms with E-state index in [1.807, 2.05) is 24.3 Å². The molecule has 3 aromatic rings. The molecule has 9 heteroatoms. The van der Waals surface area contributed by atoms with Crippen LogP contribution in [0, 0.1) is 5.92 Å². The van der Waals surface area contributed by atoms with Gasteiger partial charge in [0.15, 0.2) is 0 Å². The third kappa shape index (κ3) is 4.79. The highest BCUT2D eigenvalue weighted by Gasteiger charge is 2.33. The molecule has 1 saturated heterocycles. The van der Waals surface area contributed by atoms with Crippen molar-refractivity contribution in [1.29, 1.82) is 0 Å². The minimum atomic E-state index is -3.74. The Balaban J connectivity index is 1.45. The number of anilines is 2. The van der Waals surface area contributed by atoms with E-state index in [4.69, 9.17) is 0 Å². The number of aromatic nitrogens is 1. The Bertz CT molecular complexity index is 1260. The third-order valence-corrected chi connectivity index (χ3v) is 7.32. The topological polar surface area (TPSA) is 108 Å². The summed E-state index contributed by atoms with van der Waals surface area (Å²) in [5, 5.41) is 6.45. The van der Waals surface area contributed by atoms with Crippen LogP contribution < -0.4 is 10.6 Å². The number of carbonyl (C=O) groups is 2. The van der Waals surface area contributed by atoms with Crippen LogP contribution in [-0.2, 0) is 19.6 Å². The number of nitrogens with zero attached hydrogens (tertiary/aromatic N) is 2. The molecule has 1 aromatic heterocycles. The van der Waals surface area contributed by atoms with Crippen molar-refractivity contribution < 1.29 is 18.0 Å². The van der Waals surface area contributed by atoms with E-state index in [1.165, 1.54) is 23.4 Å². The number of sulfonamides is 1. The monoisotopic (exact) mass is 452 g/mol. The summed E-state index contributed by atoms with van der Waals surface area (Å²) in [4.78, 5) is 28.4. The zero-order valence-corrected chi connectivity index (χ0v) is 18.4. The van der Waals surface area contributed by atoms with Crippen LogP contribution in [0.1, 0.15) is 19.8 Å². The molecule has 0 unspecified atom stereocenters. The van der Waals surface area contributed by atoms with Gasteiger partial charge < -0.3 is 10.6 Å². The summed E-state index contributed by atoms with van der Waals surface area (Å²) < 4.78 is 27.5. The number of piperidine rings is 1. The Morgan fingerprint density at radius 3 is 2.53 bits per heavy atom. The largest absolute Gasteiger partial charge is 0.326 e. The van der Waals surface area contributed by atoms with Crippen LogP contribution in [-0.4, -0.2) is 42.6 Å². The van der Waals surface area contributed by atoms with E-state index in [1.54, 1.807) is 24.4 Å². The van der Waals surface area contributed by atoms with Gasteiger partial charge in [0.25, 0.3) is 0 Å². The Kier molecular flexibility index (Phi) is 6.20. The van der Waals surface area contributed by atoms with E-state index in [-0.39, 0.29) is 23.3 Å². The maximum absolute atomic E-state index is 13.1. The van der Waals surface area contributed by atoms with Gasteiger partial charge in [-0.05, 0) is 61.4 Å². The highest BCUT2D eigenvalue weighted by Crippen LogP contribution is 2.26. The Morgan fingerprint density at radius 1 is 1.03 bits per heavy atom. The molecule has 166 valence electrons. The molecular formula is C23H24N4O4S. The first-order chi connectivity index (χ1) is 15.3. The van der Waals surface area contributed by atoms with Crippen molar-refractivity contribution in [3.63, 3.8) is 0 Å². The molecule has 2 heterocycles. The van der Waals surface area contributed by atoms with Crippen LogP contribution in [0.3, 0.4) is 0 Å². The molecular weight excluding hydrogens is 428 g/mol. The second kappa shape index (κ2) is 9.05. The fraction of sp³-hybridized carbons (Fsp3) is 0.261. The number of nitrogens with one attached hydrogen (secondary N) is 2. The van der Waals surface area contributed by atoms with Crippen molar-refractivity contribution in [3.8, 4) is 0 Å². The van der Waals surface area contributed by atoms with E-state index in [0.717, 1.165) is 10.9 Å². The summed E-state index contributed by atoms with van der Waals surface area (Å²) in [7, 11) is -3.74. The summed E-state index contributed by atoms with van der Waals surface area (Å²) in [5.74, 6) is -0.871. The molecule has 0 radical (unpaired) electrons. The van der Waals surface area contributed by atoms with Gasteiger partial charge in [0.1, 0.15) is 0 Å². The van der Waals surface area contributed by atoms with Crippen LogP contribution in [0.5, 0.6) is 0 Å². The Labute approximate surface area is 186 Å². The predicted molar refractivity (Wildman–Crippen MR) is 123 cm³/mol. The molecule has 1 fully saturated rings. The molecule has 2 aromatic carbocycles. The first-order valence-corrected chi connectivity index (χ1v) is 11.8. The normalized spacial score (nSPS) is 17.1. The standard InChI is InChI=1S/C23H24N4O4S/c1-16(28)25-19-6-9-21(10-7-19)32(30,31)27-13-3-5-18(15-27)23(29)26-20-8-11-22-17(14-20)4-2-12-24-22/h2,4,6-12,14,18H,3,5,13,15H2,1H3,(H,25,28)(H,26,29)/t18-/m0/s1. The lowest BCUT2D eigenvalue weighted by Gasteiger charge is -2.31. The van der Waals surface area contributed by atoms with Crippen molar-refractivity contribution in [2.75, 3.05) is 23.7 Å².